The zero-order valence-corrected chi connectivity index (χ0v) is 11.5. The molecule has 1 aliphatic rings. The van der Waals surface area contributed by atoms with Gasteiger partial charge in [-0.2, -0.15) is 0 Å². The Morgan fingerprint density at radius 2 is 2.05 bits per heavy atom. The van der Waals surface area contributed by atoms with E-state index in [1.165, 1.54) is 0 Å². The van der Waals surface area contributed by atoms with E-state index in [0.29, 0.717) is 13.0 Å². The van der Waals surface area contributed by atoms with Crippen LogP contribution in [0.15, 0.2) is 30.3 Å². The van der Waals surface area contributed by atoms with Gasteiger partial charge >= 0.3 is 0 Å². The Bertz CT molecular complexity index is 442. The lowest BCUT2D eigenvalue weighted by Gasteiger charge is -2.21. The third kappa shape index (κ3) is 4.66. The minimum Gasteiger partial charge on any atom is -0.355 e. The van der Waals surface area contributed by atoms with E-state index in [9.17, 15) is 9.59 Å². The van der Waals surface area contributed by atoms with Crippen molar-refractivity contribution in [2.24, 2.45) is 5.92 Å². The average molecular weight is 275 g/mol. The molecule has 1 fully saturated rings. The number of carbonyl (C=O) groups excluding carboxylic acids is 2. The van der Waals surface area contributed by atoms with Crippen LogP contribution in [0.2, 0.25) is 0 Å². The van der Waals surface area contributed by atoms with Crippen molar-refractivity contribution < 1.29 is 9.59 Å². The van der Waals surface area contributed by atoms with Crippen molar-refractivity contribution in [3.05, 3.63) is 30.3 Å². The Balaban J connectivity index is 1.65. The summed E-state index contributed by atoms with van der Waals surface area (Å²) < 4.78 is 0. The molecule has 2 rings (SSSR count). The van der Waals surface area contributed by atoms with Gasteiger partial charge in [-0.3, -0.25) is 9.59 Å². The number of hydrogen-bond donors (Lipinski definition) is 3. The third-order valence-electron chi connectivity index (χ3n) is 3.38. The molecule has 0 saturated carbocycles. The van der Waals surface area contributed by atoms with Crippen molar-refractivity contribution in [3.8, 4) is 0 Å². The number of nitrogens with one attached hydrogen (secondary N) is 3. The Hall–Kier alpha value is -1.88. The highest BCUT2D eigenvalue weighted by molar-refractivity contribution is 5.91. The van der Waals surface area contributed by atoms with Gasteiger partial charge in [0, 0.05) is 25.2 Å². The molecule has 1 heterocycles. The summed E-state index contributed by atoms with van der Waals surface area (Å²) >= 11 is 0. The van der Waals surface area contributed by atoms with Crippen LogP contribution in [0.3, 0.4) is 0 Å². The van der Waals surface area contributed by atoms with Gasteiger partial charge in [-0.1, -0.05) is 18.2 Å². The number of para-hydroxylation sites is 1. The van der Waals surface area contributed by atoms with Gasteiger partial charge in [0.1, 0.15) is 0 Å². The average Bonchev–Trinajstić information content (AvgIpc) is 2.49. The number of amides is 2. The van der Waals surface area contributed by atoms with Crippen molar-refractivity contribution in [3.63, 3.8) is 0 Å². The summed E-state index contributed by atoms with van der Waals surface area (Å²) in [5, 5.41) is 8.83. The van der Waals surface area contributed by atoms with E-state index in [1.54, 1.807) is 0 Å². The van der Waals surface area contributed by atoms with Crippen LogP contribution in [0.5, 0.6) is 0 Å². The van der Waals surface area contributed by atoms with E-state index in [2.05, 4.69) is 16.0 Å². The summed E-state index contributed by atoms with van der Waals surface area (Å²) in [6.07, 6.45) is 2.25. The number of benzene rings is 1. The molecular formula is C15H21N3O2. The van der Waals surface area contributed by atoms with E-state index >= 15 is 0 Å². The van der Waals surface area contributed by atoms with Crippen molar-refractivity contribution >= 4 is 17.5 Å². The molecule has 5 nitrogen and oxygen atoms in total. The summed E-state index contributed by atoms with van der Waals surface area (Å²) in [6, 6.07) is 9.31. The SMILES string of the molecule is O=C(CCNC(=O)C1CCCNC1)Nc1ccccc1. The zero-order valence-electron chi connectivity index (χ0n) is 11.5. The third-order valence-corrected chi connectivity index (χ3v) is 3.38. The van der Waals surface area contributed by atoms with Gasteiger partial charge in [0.05, 0.1) is 5.92 Å². The van der Waals surface area contributed by atoms with Gasteiger partial charge in [0.2, 0.25) is 11.8 Å². The maximum atomic E-state index is 11.9. The molecule has 0 spiro atoms. The summed E-state index contributed by atoms with van der Waals surface area (Å²) in [7, 11) is 0. The Labute approximate surface area is 119 Å². The highest BCUT2D eigenvalue weighted by atomic mass is 16.2. The Morgan fingerprint density at radius 1 is 1.25 bits per heavy atom. The first-order valence-corrected chi connectivity index (χ1v) is 7.09. The van der Waals surface area contributed by atoms with Crippen LogP contribution in [0.4, 0.5) is 5.69 Å². The quantitative estimate of drug-likeness (QED) is 0.754. The molecule has 1 atom stereocenters. The summed E-state index contributed by atoms with van der Waals surface area (Å²) in [4.78, 5) is 23.6. The lowest BCUT2D eigenvalue weighted by atomic mass is 9.99. The zero-order chi connectivity index (χ0) is 14.2. The molecule has 108 valence electrons. The molecule has 20 heavy (non-hydrogen) atoms. The van der Waals surface area contributed by atoms with Crippen molar-refractivity contribution in [2.45, 2.75) is 19.3 Å². The van der Waals surface area contributed by atoms with Crippen LogP contribution in [-0.2, 0) is 9.59 Å². The first kappa shape index (κ1) is 14.5. The largest absolute Gasteiger partial charge is 0.355 e. The molecule has 0 aliphatic carbocycles. The van der Waals surface area contributed by atoms with E-state index in [4.69, 9.17) is 0 Å². The fourth-order valence-corrected chi connectivity index (χ4v) is 2.26. The maximum Gasteiger partial charge on any atom is 0.226 e. The van der Waals surface area contributed by atoms with Crippen LogP contribution < -0.4 is 16.0 Å². The standard InChI is InChI=1S/C15H21N3O2/c19-14(18-13-6-2-1-3-7-13)8-10-17-15(20)12-5-4-9-16-11-12/h1-3,6-7,12,16H,4-5,8-11H2,(H,17,20)(H,18,19). The Kier molecular flexibility index (Phi) is 5.55. The van der Waals surface area contributed by atoms with Gasteiger partial charge in [0.15, 0.2) is 0 Å². The van der Waals surface area contributed by atoms with Crippen molar-refractivity contribution in [1.29, 1.82) is 0 Å². The highest BCUT2D eigenvalue weighted by Gasteiger charge is 2.20. The minimum atomic E-state index is -0.0849. The van der Waals surface area contributed by atoms with Crippen LogP contribution in [0.25, 0.3) is 0 Å². The van der Waals surface area contributed by atoms with Crippen molar-refractivity contribution in [2.75, 3.05) is 25.0 Å². The minimum absolute atomic E-state index is 0.0425. The van der Waals surface area contributed by atoms with Gasteiger partial charge in [0.25, 0.3) is 0 Å². The lowest BCUT2D eigenvalue weighted by Crippen LogP contribution is -2.41. The first-order valence-electron chi connectivity index (χ1n) is 7.09. The van der Waals surface area contributed by atoms with E-state index in [0.717, 1.165) is 31.6 Å². The van der Waals surface area contributed by atoms with Crippen LogP contribution >= 0.6 is 0 Å². The number of hydrogen-bond acceptors (Lipinski definition) is 3. The number of piperidine rings is 1. The van der Waals surface area contributed by atoms with E-state index in [1.807, 2.05) is 30.3 Å². The molecule has 1 aromatic carbocycles. The van der Waals surface area contributed by atoms with E-state index in [-0.39, 0.29) is 17.7 Å². The monoisotopic (exact) mass is 275 g/mol. The van der Waals surface area contributed by atoms with Crippen LogP contribution in [0.1, 0.15) is 19.3 Å². The predicted molar refractivity (Wildman–Crippen MR) is 78.3 cm³/mol. The number of anilines is 1. The smallest absolute Gasteiger partial charge is 0.226 e. The molecule has 2 amide bonds. The fraction of sp³-hybridized carbons (Fsp3) is 0.467. The van der Waals surface area contributed by atoms with E-state index < -0.39 is 0 Å². The fourth-order valence-electron chi connectivity index (χ4n) is 2.26. The normalized spacial score (nSPS) is 18.3. The maximum absolute atomic E-state index is 11.9. The predicted octanol–water partition coefficient (Wildman–Crippen LogP) is 1.13. The molecule has 0 aromatic heterocycles. The molecule has 1 aromatic rings. The second-order valence-corrected chi connectivity index (χ2v) is 5.00. The second kappa shape index (κ2) is 7.65. The lowest BCUT2D eigenvalue weighted by molar-refractivity contribution is -0.125. The molecular weight excluding hydrogens is 254 g/mol. The first-order chi connectivity index (χ1) is 9.75. The van der Waals surface area contributed by atoms with Gasteiger partial charge in [-0.15, -0.1) is 0 Å². The molecule has 1 unspecified atom stereocenters. The van der Waals surface area contributed by atoms with Gasteiger partial charge in [-0.05, 0) is 31.5 Å². The molecule has 0 bridgehead atoms. The van der Waals surface area contributed by atoms with Gasteiger partial charge < -0.3 is 16.0 Å². The molecule has 0 radical (unpaired) electrons. The molecule has 1 aliphatic heterocycles. The summed E-state index contributed by atoms with van der Waals surface area (Å²) in [5.41, 5.74) is 0.778. The highest BCUT2D eigenvalue weighted by Crippen LogP contribution is 2.09. The molecule has 1 saturated heterocycles. The van der Waals surface area contributed by atoms with Crippen LogP contribution in [-0.4, -0.2) is 31.4 Å². The van der Waals surface area contributed by atoms with Crippen LogP contribution in [0, 0.1) is 5.92 Å². The summed E-state index contributed by atoms with van der Waals surface area (Å²) in [5.74, 6) is 0.00362. The molecule has 5 heteroatoms. The van der Waals surface area contributed by atoms with Gasteiger partial charge in [-0.25, -0.2) is 0 Å². The summed E-state index contributed by atoms with van der Waals surface area (Å²) in [6.45, 7) is 2.11. The number of rotatable bonds is 5. The second-order valence-electron chi connectivity index (χ2n) is 5.00. The van der Waals surface area contributed by atoms with Crippen molar-refractivity contribution in [1.82, 2.24) is 10.6 Å². The Morgan fingerprint density at radius 3 is 2.75 bits per heavy atom. The number of carbonyl (C=O) groups is 2. The topological polar surface area (TPSA) is 70.2 Å². The molecule has 3 N–H and O–H groups in total.